The van der Waals surface area contributed by atoms with E-state index in [1.165, 1.54) is 4.90 Å². The van der Waals surface area contributed by atoms with Gasteiger partial charge in [-0.15, -0.1) is 0 Å². The highest BCUT2D eigenvalue weighted by Crippen LogP contribution is 2.43. The Morgan fingerprint density at radius 1 is 1.05 bits per heavy atom. The molecule has 0 bridgehead atoms. The minimum Gasteiger partial charge on any atom is -0.507 e. The molecule has 0 aromatic heterocycles. The lowest BCUT2D eigenvalue weighted by atomic mass is 9.94. The maximum atomic E-state index is 13.5. The number of amides is 1. The van der Waals surface area contributed by atoms with Crippen molar-refractivity contribution >= 4 is 28.8 Å². The summed E-state index contributed by atoms with van der Waals surface area (Å²) in [4.78, 5) is 30.3. The van der Waals surface area contributed by atoms with Crippen molar-refractivity contribution in [3.05, 3.63) is 89.0 Å². The molecule has 1 saturated heterocycles. The highest BCUT2D eigenvalue weighted by Gasteiger charge is 2.47. The number of benzene rings is 3. The van der Waals surface area contributed by atoms with Crippen molar-refractivity contribution in [2.75, 3.05) is 30.5 Å². The SMILES string of the molecule is CCOc1ccc(C2/C(=C(/O)c3ccc4c(c3)CC(C)O4)C(=O)C(=O)N2c2ccc(N(C)C)cc2)cc1. The summed E-state index contributed by atoms with van der Waals surface area (Å²) in [6.07, 6.45) is 0.762. The molecular weight excluding hydrogens is 468 g/mol. The van der Waals surface area contributed by atoms with Crippen LogP contribution in [0.5, 0.6) is 11.5 Å². The van der Waals surface area contributed by atoms with Crippen LogP contribution in [-0.2, 0) is 16.0 Å². The zero-order valence-electron chi connectivity index (χ0n) is 21.4. The summed E-state index contributed by atoms with van der Waals surface area (Å²) < 4.78 is 11.4. The van der Waals surface area contributed by atoms with Gasteiger partial charge in [-0.3, -0.25) is 14.5 Å². The lowest BCUT2D eigenvalue weighted by Gasteiger charge is -2.26. The van der Waals surface area contributed by atoms with Crippen LogP contribution in [0.3, 0.4) is 0 Å². The molecule has 0 saturated carbocycles. The summed E-state index contributed by atoms with van der Waals surface area (Å²) in [5.41, 5.74) is 3.72. The van der Waals surface area contributed by atoms with E-state index in [4.69, 9.17) is 9.47 Å². The van der Waals surface area contributed by atoms with Gasteiger partial charge in [0.25, 0.3) is 11.7 Å². The van der Waals surface area contributed by atoms with Gasteiger partial charge >= 0.3 is 0 Å². The number of fused-ring (bicyclic) bond motifs is 1. The minimum atomic E-state index is -0.802. The smallest absolute Gasteiger partial charge is 0.300 e. The molecule has 37 heavy (non-hydrogen) atoms. The zero-order valence-corrected chi connectivity index (χ0v) is 21.4. The molecule has 7 heteroatoms. The van der Waals surface area contributed by atoms with Gasteiger partial charge in [0.05, 0.1) is 18.2 Å². The number of ether oxygens (including phenoxy) is 2. The van der Waals surface area contributed by atoms with Crippen LogP contribution in [0.4, 0.5) is 11.4 Å². The quantitative estimate of drug-likeness (QED) is 0.289. The highest BCUT2D eigenvalue weighted by molar-refractivity contribution is 6.51. The average Bonchev–Trinajstić information content (AvgIpc) is 3.39. The van der Waals surface area contributed by atoms with E-state index in [1.54, 1.807) is 12.1 Å². The van der Waals surface area contributed by atoms with Crippen molar-refractivity contribution in [2.45, 2.75) is 32.4 Å². The molecule has 0 aliphatic carbocycles. The number of Topliss-reactive ketones (excluding diaryl/α,β-unsaturated/α-hetero) is 1. The predicted molar refractivity (Wildman–Crippen MR) is 143 cm³/mol. The van der Waals surface area contributed by atoms with Crippen LogP contribution >= 0.6 is 0 Å². The van der Waals surface area contributed by atoms with E-state index >= 15 is 0 Å². The summed E-state index contributed by atoms with van der Waals surface area (Å²) in [7, 11) is 3.87. The maximum Gasteiger partial charge on any atom is 0.300 e. The first kappa shape index (κ1) is 24.4. The third kappa shape index (κ3) is 4.42. The Balaban J connectivity index is 1.64. The Bertz CT molecular complexity index is 1380. The molecule has 2 atom stereocenters. The van der Waals surface area contributed by atoms with E-state index in [1.807, 2.05) is 87.4 Å². The van der Waals surface area contributed by atoms with Crippen LogP contribution in [0.2, 0.25) is 0 Å². The number of aliphatic hydroxyl groups excluding tert-OH is 1. The van der Waals surface area contributed by atoms with Gasteiger partial charge in [-0.05, 0) is 79.6 Å². The minimum absolute atomic E-state index is 0.0481. The number of hydrogen-bond donors (Lipinski definition) is 1. The van der Waals surface area contributed by atoms with Crippen LogP contribution in [0, 0.1) is 0 Å². The van der Waals surface area contributed by atoms with Crippen molar-refractivity contribution in [3.63, 3.8) is 0 Å². The zero-order chi connectivity index (χ0) is 26.3. The number of carbonyl (C=O) groups is 2. The molecule has 1 N–H and O–H groups in total. The summed E-state index contributed by atoms with van der Waals surface area (Å²) in [6.45, 7) is 4.41. The second-order valence-corrected chi connectivity index (χ2v) is 9.54. The third-order valence-corrected chi connectivity index (χ3v) is 6.76. The fourth-order valence-corrected chi connectivity index (χ4v) is 4.96. The first-order chi connectivity index (χ1) is 17.8. The molecule has 3 aromatic carbocycles. The van der Waals surface area contributed by atoms with Crippen molar-refractivity contribution in [2.24, 2.45) is 0 Å². The second-order valence-electron chi connectivity index (χ2n) is 9.54. The van der Waals surface area contributed by atoms with E-state index in [-0.39, 0.29) is 17.4 Å². The Morgan fingerprint density at radius 3 is 2.41 bits per heavy atom. The highest BCUT2D eigenvalue weighted by atomic mass is 16.5. The number of carbonyl (C=O) groups excluding carboxylic acids is 2. The fraction of sp³-hybridized carbons (Fsp3) is 0.267. The lowest BCUT2D eigenvalue weighted by Crippen LogP contribution is -2.29. The average molecular weight is 499 g/mol. The van der Waals surface area contributed by atoms with Crippen molar-refractivity contribution < 1.29 is 24.2 Å². The molecule has 0 spiro atoms. The van der Waals surface area contributed by atoms with Gasteiger partial charge < -0.3 is 19.5 Å². The Labute approximate surface area is 216 Å². The summed E-state index contributed by atoms with van der Waals surface area (Å²) >= 11 is 0. The summed E-state index contributed by atoms with van der Waals surface area (Å²) in [5.74, 6) is -0.152. The van der Waals surface area contributed by atoms with Gasteiger partial charge in [-0.25, -0.2) is 0 Å². The Hall–Kier alpha value is -4.26. The van der Waals surface area contributed by atoms with Gasteiger partial charge in [-0.2, -0.15) is 0 Å². The van der Waals surface area contributed by atoms with Crippen molar-refractivity contribution in [1.82, 2.24) is 0 Å². The number of hydrogen-bond acceptors (Lipinski definition) is 6. The van der Waals surface area contributed by atoms with Crippen LogP contribution < -0.4 is 19.3 Å². The molecule has 2 aliphatic heterocycles. The Morgan fingerprint density at radius 2 is 1.76 bits per heavy atom. The molecule has 2 aliphatic rings. The molecule has 2 heterocycles. The monoisotopic (exact) mass is 498 g/mol. The topological polar surface area (TPSA) is 79.3 Å². The van der Waals surface area contributed by atoms with Crippen LogP contribution in [0.15, 0.2) is 72.3 Å². The van der Waals surface area contributed by atoms with Crippen LogP contribution in [0.25, 0.3) is 5.76 Å². The third-order valence-electron chi connectivity index (χ3n) is 6.76. The van der Waals surface area contributed by atoms with Gasteiger partial charge in [0.1, 0.15) is 23.4 Å². The van der Waals surface area contributed by atoms with Gasteiger partial charge in [0, 0.05) is 37.5 Å². The van der Waals surface area contributed by atoms with E-state index in [9.17, 15) is 14.7 Å². The molecule has 1 amide bonds. The lowest BCUT2D eigenvalue weighted by molar-refractivity contribution is -0.132. The number of nitrogens with zero attached hydrogens (tertiary/aromatic N) is 2. The number of anilines is 2. The molecule has 190 valence electrons. The summed E-state index contributed by atoms with van der Waals surface area (Å²) in [5, 5.41) is 11.5. The normalized spacial score (nSPS) is 20.1. The summed E-state index contributed by atoms with van der Waals surface area (Å²) in [6, 6.07) is 19.2. The van der Waals surface area contributed by atoms with Crippen molar-refractivity contribution in [3.8, 4) is 11.5 Å². The molecular formula is C30H30N2O5. The van der Waals surface area contributed by atoms with Crippen LogP contribution in [0.1, 0.15) is 36.6 Å². The molecule has 5 rings (SSSR count). The van der Waals surface area contributed by atoms with Gasteiger partial charge in [0.15, 0.2) is 0 Å². The van der Waals surface area contributed by atoms with Gasteiger partial charge in [0.2, 0.25) is 0 Å². The van der Waals surface area contributed by atoms with E-state index in [0.717, 1.165) is 17.0 Å². The molecule has 7 nitrogen and oxygen atoms in total. The predicted octanol–water partition coefficient (Wildman–Crippen LogP) is 5.10. The maximum absolute atomic E-state index is 13.5. The standard InChI is InChI=1S/C30H30N2O5/c1-5-36-24-13-6-19(7-14-24)27-26(28(33)20-8-15-25-21(17-20)16-18(2)37-25)29(34)30(35)32(27)23-11-9-22(10-12-23)31(3)4/h6-15,17-18,27,33H,5,16H2,1-4H3/b28-26-. The first-order valence-electron chi connectivity index (χ1n) is 12.4. The van der Waals surface area contributed by atoms with Crippen LogP contribution in [-0.4, -0.2) is 43.6 Å². The molecule has 2 unspecified atom stereocenters. The number of aliphatic hydroxyl groups is 1. The largest absolute Gasteiger partial charge is 0.507 e. The van der Waals surface area contributed by atoms with E-state index < -0.39 is 17.7 Å². The first-order valence-corrected chi connectivity index (χ1v) is 12.4. The number of rotatable bonds is 6. The van der Waals surface area contributed by atoms with Crippen molar-refractivity contribution in [1.29, 1.82) is 0 Å². The molecule has 1 fully saturated rings. The van der Waals surface area contributed by atoms with E-state index in [0.29, 0.717) is 35.6 Å². The second kappa shape index (κ2) is 9.65. The molecule has 3 aromatic rings. The Kier molecular flexibility index (Phi) is 6.38. The molecule has 0 radical (unpaired) electrons. The number of ketones is 1. The fourth-order valence-electron chi connectivity index (χ4n) is 4.96. The van der Waals surface area contributed by atoms with E-state index in [2.05, 4.69) is 0 Å². The van der Waals surface area contributed by atoms with Gasteiger partial charge in [-0.1, -0.05) is 12.1 Å².